The summed E-state index contributed by atoms with van der Waals surface area (Å²) in [6, 6.07) is 14.2. The molecule has 0 aliphatic heterocycles. The topological polar surface area (TPSA) is 67.9 Å². The van der Waals surface area contributed by atoms with Gasteiger partial charge in [-0.15, -0.1) is 0 Å². The Morgan fingerprint density at radius 2 is 1.80 bits per heavy atom. The van der Waals surface area contributed by atoms with Crippen molar-refractivity contribution in [2.45, 2.75) is 45.8 Å². The minimum Gasteiger partial charge on any atom is -0.493 e. The smallest absolute Gasteiger partial charge is 0.261 e. The van der Waals surface area contributed by atoms with E-state index in [1.165, 1.54) is 4.90 Å². The molecule has 2 atom stereocenters. The highest BCUT2D eigenvalue weighted by atomic mass is 79.9. The molecule has 0 aromatic heterocycles. The minimum atomic E-state index is -0.647. The number of amides is 2. The van der Waals surface area contributed by atoms with Gasteiger partial charge in [0, 0.05) is 17.1 Å². The average Bonchev–Trinajstić information content (AvgIpc) is 2.75. The van der Waals surface area contributed by atoms with Crippen molar-refractivity contribution in [3.05, 3.63) is 58.6 Å². The van der Waals surface area contributed by atoms with Gasteiger partial charge in [0.15, 0.2) is 18.1 Å². The zero-order valence-electron chi connectivity index (χ0n) is 17.9. The van der Waals surface area contributed by atoms with Crippen LogP contribution in [0.4, 0.5) is 0 Å². The first-order valence-electron chi connectivity index (χ1n) is 9.95. The maximum absolute atomic E-state index is 13.1. The Balaban J connectivity index is 2.18. The molecule has 162 valence electrons. The molecule has 2 aromatic carbocycles. The number of nitrogens with one attached hydrogen (secondary N) is 1. The van der Waals surface area contributed by atoms with Gasteiger partial charge in [0.1, 0.15) is 6.04 Å². The Labute approximate surface area is 186 Å². The van der Waals surface area contributed by atoms with E-state index in [1.54, 1.807) is 26.2 Å². The molecule has 1 N–H and O–H groups in total. The van der Waals surface area contributed by atoms with Crippen molar-refractivity contribution in [1.82, 2.24) is 10.2 Å². The molecule has 0 fully saturated rings. The standard InChI is InChI=1S/C23H29BrN2O4/c1-5-16(2)25-23(28)17(3)26(14-18-9-8-10-19(24)13-18)22(27)15-30-21-12-7-6-11-20(21)29-4/h6-13,16-17H,5,14-15H2,1-4H3,(H,25,28)/t16-,17+/m0/s1. The molecule has 0 aliphatic rings. The number of hydrogen-bond acceptors (Lipinski definition) is 4. The second-order valence-electron chi connectivity index (χ2n) is 7.08. The number of benzene rings is 2. The Bertz CT molecular complexity index is 859. The van der Waals surface area contributed by atoms with Gasteiger partial charge in [-0.25, -0.2) is 0 Å². The predicted molar refractivity (Wildman–Crippen MR) is 121 cm³/mol. The molecule has 7 heteroatoms. The zero-order valence-corrected chi connectivity index (χ0v) is 19.4. The number of hydrogen-bond donors (Lipinski definition) is 1. The fourth-order valence-corrected chi connectivity index (χ4v) is 3.29. The maximum atomic E-state index is 13.1. The van der Waals surface area contributed by atoms with Crippen LogP contribution < -0.4 is 14.8 Å². The van der Waals surface area contributed by atoms with Crippen molar-refractivity contribution in [1.29, 1.82) is 0 Å². The summed E-state index contributed by atoms with van der Waals surface area (Å²) >= 11 is 3.45. The fraction of sp³-hybridized carbons (Fsp3) is 0.391. The predicted octanol–water partition coefficient (Wildman–Crippen LogP) is 4.17. The van der Waals surface area contributed by atoms with E-state index in [9.17, 15) is 9.59 Å². The van der Waals surface area contributed by atoms with E-state index in [2.05, 4.69) is 21.2 Å². The number of methoxy groups -OCH3 is 1. The number of ether oxygens (including phenoxy) is 2. The zero-order chi connectivity index (χ0) is 22.1. The van der Waals surface area contributed by atoms with Gasteiger partial charge in [-0.1, -0.05) is 47.1 Å². The summed E-state index contributed by atoms with van der Waals surface area (Å²) in [5.74, 6) is 0.552. The molecule has 2 rings (SSSR count). The van der Waals surface area contributed by atoms with Gasteiger partial charge in [-0.3, -0.25) is 9.59 Å². The van der Waals surface area contributed by atoms with Gasteiger partial charge >= 0.3 is 0 Å². The Morgan fingerprint density at radius 1 is 1.10 bits per heavy atom. The maximum Gasteiger partial charge on any atom is 0.261 e. The van der Waals surface area contributed by atoms with Crippen molar-refractivity contribution in [3.63, 3.8) is 0 Å². The summed E-state index contributed by atoms with van der Waals surface area (Å²) in [7, 11) is 1.55. The lowest BCUT2D eigenvalue weighted by atomic mass is 10.1. The highest BCUT2D eigenvalue weighted by Gasteiger charge is 2.27. The number of para-hydroxylation sites is 2. The van der Waals surface area contributed by atoms with Crippen LogP contribution in [0.3, 0.4) is 0 Å². The van der Waals surface area contributed by atoms with Gasteiger partial charge in [-0.2, -0.15) is 0 Å². The first kappa shape index (κ1) is 23.7. The highest BCUT2D eigenvalue weighted by Crippen LogP contribution is 2.26. The number of halogens is 1. The molecule has 6 nitrogen and oxygen atoms in total. The summed E-state index contributed by atoms with van der Waals surface area (Å²) in [5, 5.41) is 2.95. The van der Waals surface area contributed by atoms with E-state index in [0.717, 1.165) is 16.5 Å². The average molecular weight is 477 g/mol. The van der Waals surface area contributed by atoms with Crippen molar-refractivity contribution >= 4 is 27.7 Å². The molecule has 0 radical (unpaired) electrons. The molecule has 0 aliphatic carbocycles. The molecule has 30 heavy (non-hydrogen) atoms. The van der Waals surface area contributed by atoms with Crippen LogP contribution in [-0.4, -0.2) is 42.5 Å². The van der Waals surface area contributed by atoms with Crippen LogP contribution in [0.1, 0.15) is 32.8 Å². The third kappa shape index (κ3) is 6.76. The molecule has 0 heterocycles. The van der Waals surface area contributed by atoms with Crippen molar-refractivity contribution in [3.8, 4) is 11.5 Å². The Hall–Kier alpha value is -2.54. The second-order valence-corrected chi connectivity index (χ2v) is 8.00. The number of rotatable bonds is 10. The highest BCUT2D eigenvalue weighted by molar-refractivity contribution is 9.10. The second kappa shape index (κ2) is 11.6. The molecule has 2 aromatic rings. The largest absolute Gasteiger partial charge is 0.493 e. The van der Waals surface area contributed by atoms with E-state index in [-0.39, 0.29) is 24.5 Å². The summed E-state index contributed by atoms with van der Waals surface area (Å²) in [6.07, 6.45) is 0.814. The molecule has 2 amide bonds. The Morgan fingerprint density at radius 3 is 2.43 bits per heavy atom. The van der Waals surface area contributed by atoms with Crippen LogP contribution in [0.15, 0.2) is 53.0 Å². The summed E-state index contributed by atoms with van der Waals surface area (Å²) < 4.78 is 11.9. The van der Waals surface area contributed by atoms with Crippen LogP contribution in [0, 0.1) is 0 Å². The minimum absolute atomic E-state index is 0.0348. The lowest BCUT2D eigenvalue weighted by Gasteiger charge is -2.29. The molecular formula is C23H29BrN2O4. The van der Waals surface area contributed by atoms with E-state index >= 15 is 0 Å². The lowest BCUT2D eigenvalue weighted by molar-refractivity contribution is -0.142. The third-order valence-corrected chi connectivity index (χ3v) is 5.32. The molecular weight excluding hydrogens is 448 g/mol. The van der Waals surface area contributed by atoms with Gasteiger partial charge < -0.3 is 19.7 Å². The normalized spacial score (nSPS) is 12.6. The van der Waals surface area contributed by atoms with Crippen molar-refractivity contribution < 1.29 is 19.1 Å². The molecule has 0 spiro atoms. The quantitative estimate of drug-likeness (QED) is 0.558. The van der Waals surface area contributed by atoms with E-state index in [0.29, 0.717) is 18.0 Å². The van der Waals surface area contributed by atoms with Crippen molar-refractivity contribution in [2.24, 2.45) is 0 Å². The monoisotopic (exact) mass is 476 g/mol. The fourth-order valence-electron chi connectivity index (χ4n) is 2.84. The van der Waals surface area contributed by atoms with E-state index in [1.807, 2.05) is 50.2 Å². The van der Waals surface area contributed by atoms with Crippen LogP contribution in [0.2, 0.25) is 0 Å². The van der Waals surface area contributed by atoms with E-state index < -0.39 is 6.04 Å². The molecule has 0 bridgehead atoms. The lowest BCUT2D eigenvalue weighted by Crippen LogP contribution is -2.50. The summed E-state index contributed by atoms with van der Waals surface area (Å²) in [5.41, 5.74) is 0.915. The number of carbonyl (C=O) groups is 2. The Kier molecular flexibility index (Phi) is 9.17. The summed E-state index contributed by atoms with van der Waals surface area (Å²) in [4.78, 5) is 27.3. The van der Waals surface area contributed by atoms with Gasteiger partial charge in [0.2, 0.25) is 5.91 Å². The van der Waals surface area contributed by atoms with Crippen LogP contribution in [0.25, 0.3) is 0 Å². The van der Waals surface area contributed by atoms with Crippen LogP contribution >= 0.6 is 15.9 Å². The third-order valence-electron chi connectivity index (χ3n) is 4.83. The number of nitrogens with zero attached hydrogens (tertiary/aromatic N) is 1. The first-order chi connectivity index (χ1) is 14.3. The van der Waals surface area contributed by atoms with Crippen LogP contribution in [-0.2, 0) is 16.1 Å². The molecule has 0 saturated carbocycles. The molecule has 0 unspecified atom stereocenters. The van der Waals surface area contributed by atoms with Crippen molar-refractivity contribution in [2.75, 3.05) is 13.7 Å². The first-order valence-corrected chi connectivity index (χ1v) is 10.7. The molecule has 0 saturated heterocycles. The van der Waals surface area contributed by atoms with Gasteiger partial charge in [0.05, 0.1) is 7.11 Å². The van der Waals surface area contributed by atoms with Gasteiger partial charge in [0.25, 0.3) is 5.91 Å². The number of carbonyl (C=O) groups excluding carboxylic acids is 2. The summed E-state index contributed by atoms with van der Waals surface area (Å²) in [6.45, 7) is 5.77. The van der Waals surface area contributed by atoms with Gasteiger partial charge in [-0.05, 0) is 50.1 Å². The SMILES string of the molecule is CC[C@H](C)NC(=O)[C@@H](C)N(Cc1cccc(Br)c1)C(=O)COc1ccccc1OC. The van der Waals surface area contributed by atoms with E-state index in [4.69, 9.17) is 9.47 Å². The van der Waals surface area contributed by atoms with Crippen LogP contribution in [0.5, 0.6) is 11.5 Å².